The molecule has 1 unspecified atom stereocenters. The number of fused-ring (bicyclic) bond motifs is 2. The average molecular weight is 587 g/mol. The van der Waals surface area contributed by atoms with E-state index in [1.165, 1.54) is 37.0 Å². The molecule has 0 bridgehead atoms. The number of carbonyl (C=O) groups excluding carboxylic acids is 1. The van der Waals surface area contributed by atoms with Crippen molar-refractivity contribution in [3.05, 3.63) is 64.5 Å². The second-order valence-corrected chi connectivity index (χ2v) is 13.2. The van der Waals surface area contributed by atoms with Crippen molar-refractivity contribution in [2.75, 3.05) is 39.3 Å². The molecule has 1 atom stereocenters. The summed E-state index contributed by atoms with van der Waals surface area (Å²) >= 11 is 0. The van der Waals surface area contributed by atoms with E-state index in [1.807, 2.05) is 18.2 Å². The summed E-state index contributed by atoms with van der Waals surface area (Å²) in [4.78, 5) is 18.1. The number of halogens is 1. The van der Waals surface area contributed by atoms with Crippen LogP contribution in [0.3, 0.4) is 0 Å². The highest BCUT2D eigenvalue weighted by molar-refractivity contribution is 5.85. The monoisotopic (exact) mass is 586 g/mol. The Morgan fingerprint density at radius 3 is 2.53 bits per heavy atom. The highest BCUT2D eigenvalue weighted by Gasteiger charge is 2.41. The van der Waals surface area contributed by atoms with Gasteiger partial charge in [0.15, 0.2) is 0 Å². The summed E-state index contributed by atoms with van der Waals surface area (Å²) in [5, 5.41) is 0. The van der Waals surface area contributed by atoms with Crippen LogP contribution in [-0.4, -0.2) is 60.6 Å². The van der Waals surface area contributed by atoms with Crippen LogP contribution in [0.4, 0.5) is 4.39 Å². The van der Waals surface area contributed by atoms with E-state index >= 15 is 0 Å². The third-order valence-electron chi connectivity index (χ3n) is 9.59. The molecule has 0 radical (unpaired) electrons. The fourth-order valence-corrected chi connectivity index (χ4v) is 7.26. The molecule has 0 amide bonds. The van der Waals surface area contributed by atoms with Crippen LogP contribution >= 0.6 is 0 Å². The van der Waals surface area contributed by atoms with Gasteiger partial charge in [-0.05, 0) is 112 Å². The number of ether oxygens (including phenoxy) is 2. The number of rotatable bonds is 10. The number of carbonyl (C=O) groups is 1. The molecule has 6 heteroatoms. The standard InChI is InChI=1S/C37H47FN2O3/c1-6-18-37(5,27-13-15-29(38)16-14-27)28-24-32(42-34(41)12-11-22-39-20-9-8-10-21-39)35-30-26-40(19-7-2)23-17-31(30)36(3,4)43-33(35)25-28/h2,13-16,24-25H,6,8-12,17-23,26H2,1,3-5H3. The van der Waals surface area contributed by atoms with Gasteiger partial charge >= 0.3 is 5.97 Å². The second-order valence-electron chi connectivity index (χ2n) is 13.2. The van der Waals surface area contributed by atoms with Crippen LogP contribution in [-0.2, 0) is 10.2 Å². The van der Waals surface area contributed by atoms with E-state index in [9.17, 15) is 9.18 Å². The fourth-order valence-electron chi connectivity index (χ4n) is 7.26. The molecule has 5 nitrogen and oxygen atoms in total. The minimum Gasteiger partial charge on any atom is -0.483 e. The number of benzene rings is 2. The van der Waals surface area contributed by atoms with Crippen LogP contribution in [0.2, 0.25) is 0 Å². The van der Waals surface area contributed by atoms with Crippen LogP contribution < -0.4 is 9.47 Å². The van der Waals surface area contributed by atoms with E-state index in [2.05, 4.69) is 49.5 Å². The van der Waals surface area contributed by atoms with Crippen LogP contribution in [0.5, 0.6) is 11.5 Å². The number of nitrogens with zero attached hydrogens (tertiary/aromatic N) is 2. The SMILES string of the molecule is C#CCN1CCC2=C(C1)c1c(OC(=O)CCCN3CCCCC3)cc(C(C)(CCC)c3ccc(F)cc3)cc1OC2(C)C. The molecule has 0 aromatic heterocycles. The van der Waals surface area contributed by atoms with Gasteiger partial charge in [0.25, 0.3) is 0 Å². The summed E-state index contributed by atoms with van der Waals surface area (Å²) in [5.41, 5.74) is 4.32. The van der Waals surface area contributed by atoms with Crippen molar-refractivity contribution in [3.8, 4) is 23.8 Å². The van der Waals surface area contributed by atoms with Crippen molar-refractivity contribution in [1.82, 2.24) is 9.80 Å². The Bertz CT molecular complexity index is 1380. The average Bonchev–Trinajstić information content (AvgIpc) is 2.97. The van der Waals surface area contributed by atoms with E-state index < -0.39 is 11.0 Å². The Hall–Kier alpha value is -3.14. The summed E-state index contributed by atoms with van der Waals surface area (Å²) in [6.45, 7) is 13.8. The zero-order valence-corrected chi connectivity index (χ0v) is 26.4. The van der Waals surface area contributed by atoms with Crippen molar-refractivity contribution in [3.63, 3.8) is 0 Å². The van der Waals surface area contributed by atoms with Crippen LogP contribution in [0.25, 0.3) is 5.57 Å². The number of esters is 1. The number of terminal acetylenes is 1. The van der Waals surface area contributed by atoms with Gasteiger partial charge in [-0.2, -0.15) is 0 Å². The zero-order chi connectivity index (χ0) is 30.6. The summed E-state index contributed by atoms with van der Waals surface area (Å²) in [7, 11) is 0. The normalized spacial score (nSPS) is 19.9. The first-order valence-electron chi connectivity index (χ1n) is 16.1. The quantitative estimate of drug-likeness (QED) is 0.165. The number of likely N-dealkylation sites (tertiary alicyclic amines) is 1. The molecule has 43 heavy (non-hydrogen) atoms. The molecule has 0 aliphatic carbocycles. The molecule has 0 saturated carbocycles. The van der Waals surface area contributed by atoms with Gasteiger partial charge in [-0.3, -0.25) is 9.69 Å². The summed E-state index contributed by atoms with van der Waals surface area (Å²) < 4.78 is 27.0. The molecular weight excluding hydrogens is 539 g/mol. The fraction of sp³-hybridized carbons (Fsp3) is 0.541. The predicted molar refractivity (Wildman–Crippen MR) is 171 cm³/mol. The molecule has 1 saturated heterocycles. The lowest BCUT2D eigenvalue weighted by atomic mass is 9.72. The van der Waals surface area contributed by atoms with E-state index in [0.29, 0.717) is 25.3 Å². The topological polar surface area (TPSA) is 42.0 Å². The van der Waals surface area contributed by atoms with Crippen molar-refractivity contribution >= 4 is 11.5 Å². The first-order chi connectivity index (χ1) is 20.6. The maximum atomic E-state index is 13.9. The van der Waals surface area contributed by atoms with Gasteiger partial charge in [0.2, 0.25) is 0 Å². The van der Waals surface area contributed by atoms with Gasteiger partial charge in [-0.15, -0.1) is 6.42 Å². The van der Waals surface area contributed by atoms with Crippen molar-refractivity contribution < 1.29 is 18.7 Å². The number of hydrogen-bond acceptors (Lipinski definition) is 5. The molecule has 5 rings (SSSR count). The van der Waals surface area contributed by atoms with Crippen molar-refractivity contribution in [2.45, 2.75) is 90.1 Å². The maximum absolute atomic E-state index is 13.9. The Morgan fingerprint density at radius 2 is 1.84 bits per heavy atom. The van der Waals surface area contributed by atoms with Crippen LogP contribution in [0.15, 0.2) is 42.0 Å². The molecule has 2 aromatic carbocycles. The van der Waals surface area contributed by atoms with Gasteiger partial charge in [0.05, 0.1) is 12.1 Å². The lowest BCUT2D eigenvalue weighted by molar-refractivity contribution is -0.134. The minimum atomic E-state index is -0.504. The number of piperidine rings is 1. The largest absolute Gasteiger partial charge is 0.483 e. The van der Waals surface area contributed by atoms with E-state index in [0.717, 1.165) is 79.9 Å². The molecule has 3 heterocycles. The Labute approximate surface area is 257 Å². The van der Waals surface area contributed by atoms with Crippen LogP contribution in [0.1, 0.15) is 95.8 Å². The first kappa shape index (κ1) is 31.3. The van der Waals surface area contributed by atoms with Crippen molar-refractivity contribution in [2.24, 2.45) is 0 Å². The Balaban J connectivity index is 1.55. The molecule has 2 aromatic rings. The summed E-state index contributed by atoms with van der Waals surface area (Å²) in [6.07, 6.45) is 13.2. The summed E-state index contributed by atoms with van der Waals surface area (Å²) in [5.74, 6) is 3.59. The third-order valence-corrected chi connectivity index (χ3v) is 9.59. The lowest BCUT2D eigenvalue weighted by Crippen LogP contribution is -2.42. The molecule has 0 spiro atoms. The van der Waals surface area contributed by atoms with E-state index in [4.69, 9.17) is 15.9 Å². The first-order valence-corrected chi connectivity index (χ1v) is 16.1. The van der Waals surface area contributed by atoms with Gasteiger partial charge in [0, 0.05) is 24.9 Å². The lowest BCUT2D eigenvalue weighted by Gasteiger charge is -2.43. The molecule has 0 N–H and O–H groups in total. The predicted octanol–water partition coefficient (Wildman–Crippen LogP) is 7.37. The van der Waals surface area contributed by atoms with Gasteiger partial charge < -0.3 is 14.4 Å². The molecular formula is C37H47FN2O3. The summed E-state index contributed by atoms with van der Waals surface area (Å²) in [6, 6.07) is 10.9. The number of hydrogen-bond donors (Lipinski definition) is 0. The smallest absolute Gasteiger partial charge is 0.311 e. The maximum Gasteiger partial charge on any atom is 0.311 e. The highest BCUT2D eigenvalue weighted by atomic mass is 19.1. The Morgan fingerprint density at radius 1 is 1.09 bits per heavy atom. The van der Waals surface area contributed by atoms with Gasteiger partial charge in [-0.1, -0.05) is 44.7 Å². The van der Waals surface area contributed by atoms with Gasteiger partial charge in [-0.25, -0.2) is 4.39 Å². The Kier molecular flexibility index (Phi) is 9.63. The minimum absolute atomic E-state index is 0.224. The second kappa shape index (κ2) is 13.2. The van der Waals surface area contributed by atoms with Crippen molar-refractivity contribution in [1.29, 1.82) is 0 Å². The molecule has 3 aliphatic rings. The molecule has 3 aliphatic heterocycles. The third kappa shape index (κ3) is 6.84. The van der Waals surface area contributed by atoms with Gasteiger partial charge in [0.1, 0.15) is 22.9 Å². The van der Waals surface area contributed by atoms with E-state index in [1.54, 1.807) is 0 Å². The zero-order valence-electron chi connectivity index (χ0n) is 26.4. The van der Waals surface area contributed by atoms with Crippen LogP contribution in [0, 0.1) is 18.2 Å². The molecule has 230 valence electrons. The van der Waals surface area contributed by atoms with E-state index in [-0.39, 0.29) is 11.8 Å². The molecule has 1 fully saturated rings. The highest BCUT2D eigenvalue weighted by Crippen LogP contribution is 2.51.